The van der Waals surface area contributed by atoms with Crippen molar-refractivity contribution in [3.8, 4) is 0 Å². The van der Waals surface area contributed by atoms with Crippen LogP contribution in [0.4, 0.5) is 0 Å². The number of carbonyl (C=O) groups is 1. The summed E-state index contributed by atoms with van der Waals surface area (Å²) >= 11 is 8.07. The van der Waals surface area contributed by atoms with Crippen LogP contribution < -0.4 is 5.32 Å². The van der Waals surface area contributed by atoms with Gasteiger partial charge in [0.2, 0.25) is 5.91 Å². The lowest BCUT2D eigenvalue weighted by molar-refractivity contribution is -0.161. The van der Waals surface area contributed by atoms with Gasteiger partial charge < -0.3 is 10.1 Å². The van der Waals surface area contributed by atoms with Crippen molar-refractivity contribution in [3.63, 3.8) is 0 Å². The highest BCUT2D eigenvalue weighted by atomic mass is 35.5. The Morgan fingerprint density at radius 1 is 1.00 bits per heavy atom. The number of fused-ring (bicyclic) bond motifs is 2. The zero-order chi connectivity index (χ0) is 21.7. The average Bonchev–Trinajstić information content (AvgIpc) is 2.76. The van der Waals surface area contributed by atoms with Gasteiger partial charge in [-0.25, -0.2) is 0 Å². The molecule has 4 fully saturated rings. The van der Waals surface area contributed by atoms with E-state index in [2.05, 4.69) is 35.6 Å². The van der Waals surface area contributed by atoms with Gasteiger partial charge in [-0.3, -0.25) is 4.79 Å². The predicted molar refractivity (Wildman–Crippen MR) is 128 cm³/mol. The van der Waals surface area contributed by atoms with Gasteiger partial charge in [0.1, 0.15) is 0 Å². The second kappa shape index (κ2) is 8.38. The van der Waals surface area contributed by atoms with Crippen LogP contribution in [0, 0.1) is 17.8 Å². The first-order valence-corrected chi connectivity index (χ1v) is 13.2. The van der Waals surface area contributed by atoms with E-state index < -0.39 is 0 Å². The van der Waals surface area contributed by atoms with Crippen LogP contribution in [0.5, 0.6) is 0 Å². The highest BCUT2D eigenvalue weighted by Gasteiger charge is 2.51. The summed E-state index contributed by atoms with van der Waals surface area (Å²) in [6, 6.07) is 14.4. The molecule has 32 heavy (non-hydrogen) atoms. The van der Waals surface area contributed by atoms with Gasteiger partial charge in [-0.1, -0.05) is 41.6 Å². The van der Waals surface area contributed by atoms with Crippen LogP contribution in [0.25, 0.3) is 0 Å². The molecule has 168 valence electrons. The van der Waals surface area contributed by atoms with Crippen molar-refractivity contribution >= 4 is 29.3 Å². The van der Waals surface area contributed by atoms with E-state index in [1.54, 1.807) is 11.8 Å². The minimum Gasteiger partial charge on any atom is -0.373 e. The third kappa shape index (κ3) is 3.99. The Morgan fingerprint density at radius 2 is 1.69 bits per heavy atom. The van der Waals surface area contributed by atoms with Crippen LogP contribution in [0.2, 0.25) is 5.02 Å². The topological polar surface area (TPSA) is 38.3 Å². The summed E-state index contributed by atoms with van der Waals surface area (Å²) in [4.78, 5) is 15.4. The SMILES string of the molecule is O=C(C[C@@H]1c2ccccc2Sc2ccc(Cl)cc21)NCCOC12CC3CC(CC(C3)C1)C2. The van der Waals surface area contributed by atoms with Crippen LogP contribution in [-0.4, -0.2) is 24.7 Å². The maximum Gasteiger partial charge on any atom is 0.221 e. The molecule has 4 saturated carbocycles. The Bertz CT molecular complexity index is 1000. The second-order valence-electron chi connectivity index (χ2n) is 10.4. The van der Waals surface area contributed by atoms with Crippen LogP contribution >= 0.6 is 23.4 Å². The van der Waals surface area contributed by atoms with Gasteiger partial charge in [0.25, 0.3) is 0 Å². The van der Waals surface area contributed by atoms with E-state index in [-0.39, 0.29) is 17.4 Å². The molecule has 5 heteroatoms. The number of rotatable bonds is 6. The minimum absolute atomic E-state index is 0.0326. The number of ether oxygens (including phenoxy) is 1. The van der Waals surface area contributed by atoms with Crippen molar-refractivity contribution < 1.29 is 9.53 Å². The van der Waals surface area contributed by atoms with E-state index in [1.807, 2.05) is 12.1 Å². The summed E-state index contributed by atoms with van der Waals surface area (Å²) in [5, 5.41) is 3.86. The number of nitrogens with one attached hydrogen (secondary N) is 1. The van der Waals surface area contributed by atoms with Crippen molar-refractivity contribution in [1.29, 1.82) is 0 Å². The standard InChI is InChI=1S/C27H30ClNO2S/c28-20-5-6-25-23(12-20)22(21-3-1-2-4-24(21)32-25)13-26(30)29-7-8-31-27-14-17-9-18(15-27)11-19(10-17)16-27/h1-6,12,17-19,22H,7-11,13-16H2,(H,29,30)/t17?,18?,19?,22-,27?/m1/s1. The molecule has 0 saturated heterocycles. The summed E-state index contributed by atoms with van der Waals surface area (Å²) in [6.07, 6.45) is 8.41. The second-order valence-corrected chi connectivity index (χ2v) is 11.9. The molecule has 1 amide bonds. The third-order valence-corrected chi connectivity index (χ3v) is 9.48. The molecule has 1 aliphatic heterocycles. The van der Waals surface area contributed by atoms with E-state index >= 15 is 0 Å². The van der Waals surface area contributed by atoms with Gasteiger partial charge in [-0.15, -0.1) is 0 Å². The summed E-state index contributed by atoms with van der Waals surface area (Å²) in [5.41, 5.74) is 2.47. The normalized spacial score (nSPS) is 31.8. The fourth-order valence-corrected chi connectivity index (χ4v) is 8.52. The highest BCUT2D eigenvalue weighted by molar-refractivity contribution is 7.99. The number of carbonyl (C=O) groups excluding carboxylic acids is 1. The summed E-state index contributed by atoms with van der Waals surface area (Å²) in [6.45, 7) is 1.21. The van der Waals surface area contributed by atoms with Crippen LogP contribution in [0.3, 0.4) is 0 Å². The van der Waals surface area contributed by atoms with Crippen LogP contribution in [0.1, 0.15) is 62.0 Å². The third-order valence-electron chi connectivity index (χ3n) is 8.07. The fraction of sp³-hybridized carbons (Fsp3) is 0.519. The van der Waals surface area contributed by atoms with Crippen molar-refractivity contribution in [3.05, 3.63) is 58.6 Å². The lowest BCUT2D eigenvalue weighted by Crippen LogP contribution is -2.52. The molecule has 4 aliphatic carbocycles. The maximum atomic E-state index is 12.9. The number of hydrogen-bond donors (Lipinski definition) is 1. The van der Waals surface area contributed by atoms with Gasteiger partial charge in [-0.2, -0.15) is 0 Å². The van der Waals surface area contributed by atoms with E-state index in [0.717, 1.165) is 28.3 Å². The Labute approximate surface area is 199 Å². The number of amides is 1. The Hall–Kier alpha value is -1.49. The molecule has 2 aromatic rings. The quantitative estimate of drug-likeness (QED) is 0.497. The van der Waals surface area contributed by atoms with Gasteiger partial charge in [0.15, 0.2) is 0 Å². The van der Waals surface area contributed by atoms with E-state index in [0.29, 0.717) is 19.6 Å². The highest BCUT2D eigenvalue weighted by Crippen LogP contribution is 2.57. The molecule has 7 rings (SSSR count). The fourth-order valence-electron chi connectivity index (χ4n) is 7.18. The molecular weight excluding hydrogens is 438 g/mol. The van der Waals surface area contributed by atoms with Gasteiger partial charge in [-0.05, 0) is 91.7 Å². The molecule has 4 bridgehead atoms. The van der Waals surface area contributed by atoms with Crippen molar-refractivity contribution in [2.24, 2.45) is 17.8 Å². The first-order valence-electron chi connectivity index (χ1n) is 12.0. The van der Waals surface area contributed by atoms with Gasteiger partial charge in [0.05, 0.1) is 12.2 Å². The molecule has 0 radical (unpaired) electrons. The molecule has 1 atom stereocenters. The largest absolute Gasteiger partial charge is 0.373 e. The Balaban J connectivity index is 1.08. The predicted octanol–water partition coefficient (Wildman–Crippen LogP) is 6.43. The Kier molecular flexibility index (Phi) is 5.52. The van der Waals surface area contributed by atoms with E-state index in [1.165, 1.54) is 53.9 Å². The van der Waals surface area contributed by atoms with Crippen molar-refractivity contribution in [2.45, 2.75) is 66.3 Å². The van der Waals surface area contributed by atoms with E-state index in [9.17, 15) is 4.79 Å². The molecule has 3 nitrogen and oxygen atoms in total. The van der Waals surface area contributed by atoms with Gasteiger partial charge >= 0.3 is 0 Å². The number of halogens is 1. The molecule has 0 unspecified atom stereocenters. The lowest BCUT2D eigenvalue weighted by atomic mass is 9.54. The molecule has 5 aliphatic rings. The first-order chi connectivity index (χ1) is 15.6. The van der Waals surface area contributed by atoms with Crippen molar-refractivity contribution in [1.82, 2.24) is 5.32 Å². The number of hydrogen-bond acceptors (Lipinski definition) is 3. The summed E-state index contributed by atoms with van der Waals surface area (Å²) in [7, 11) is 0. The zero-order valence-corrected chi connectivity index (χ0v) is 19.9. The van der Waals surface area contributed by atoms with Crippen LogP contribution in [0.15, 0.2) is 52.3 Å². The van der Waals surface area contributed by atoms with Crippen LogP contribution in [-0.2, 0) is 9.53 Å². The lowest BCUT2D eigenvalue weighted by Gasteiger charge is -2.56. The first kappa shape index (κ1) is 21.1. The molecule has 2 aromatic carbocycles. The smallest absolute Gasteiger partial charge is 0.221 e. The molecular formula is C27H30ClNO2S. The van der Waals surface area contributed by atoms with Gasteiger partial charge in [0, 0.05) is 33.7 Å². The summed E-state index contributed by atoms with van der Waals surface area (Å²) in [5.74, 6) is 2.76. The molecule has 1 N–H and O–H groups in total. The number of benzene rings is 2. The van der Waals surface area contributed by atoms with E-state index in [4.69, 9.17) is 16.3 Å². The minimum atomic E-state index is 0.0326. The monoisotopic (exact) mass is 467 g/mol. The zero-order valence-electron chi connectivity index (χ0n) is 18.3. The molecule has 0 spiro atoms. The molecule has 0 aromatic heterocycles. The average molecular weight is 468 g/mol. The Morgan fingerprint density at radius 3 is 2.44 bits per heavy atom. The maximum absolute atomic E-state index is 12.9. The molecule has 1 heterocycles. The summed E-state index contributed by atoms with van der Waals surface area (Å²) < 4.78 is 6.48. The van der Waals surface area contributed by atoms with Crippen molar-refractivity contribution in [2.75, 3.05) is 13.2 Å².